The number of carbonyl (C=O) groups is 1. The molecule has 1 saturated heterocycles. The minimum absolute atomic E-state index is 0.292. The van der Waals surface area contributed by atoms with Gasteiger partial charge in [-0.1, -0.05) is 17.3 Å². The molecule has 0 unspecified atom stereocenters. The Labute approximate surface area is 149 Å². The van der Waals surface area contributed by atoms with Crippen molar-refractivity contribution in [3.8, 4) is 0 Å². The molecular weight excluding hydrogens is 347 g/mol. The van der Waals surface area contributed by atoms with Crippen molar-refractivity contribution in [3.05, 3.63) is 52.4 Å². The Kier molecular flexibility index (Phi) is 5.04. The second-order valence-corrected chi connectivity index (χ2v) is 6.41. The van der Waals surface area contributed by atoms with Crippen molar-refractivity contribution in [2.75, 3.05) is 26.2 Å². The highest BCUT2D eigenvalue weighted by atomic mass is 19.4. The van der Waals surface area contributed by atoms with Crippen LogP contribution < -0.4 is 0 Å². The summed E-state index contributed by atoms with van der Waals surface area (Å²) in [4.78, 5) is 16.2. The van der Waals surface area contributed by atoms with Crippen LogP contribution in [0.15, 0.2) is 28.8 Å². The van der Waals surface area contributed by atoms with Crippen LogP contribution in [-0.2, 0) is 12.7 Å². The summed E-state index contributed by atoms with van der Waals surface area (Å²) in [6.45, 7) is 6.32. The van der Waals surface area contributed by atoms with E-state index in [9.17, 15) is 18.0 Å². The molecule has 1 fully saturated rings. The first-order valence-electron chi connectivity index (χ1n) is 8.37. The van der Waals surface area contributed by atoms with Crippen molar-refractivity contribution in [3.63, 3.8) is 0 Å². The smallest absolute Gasteiger partial charge is 0.361 e. The molecule has 2 aromatic rings. The number of carbonyl (C=O) groups excluding carboxylic acids is 1. The molecular formula is C18H20F3N3O2. The Hall–Kier alpha value is -2.35. The van der Waals surface area contributed by atoms with Crippen LogP contribution in [0.1, 0.15) is 32.9 Å². The van der Waals surface area contributed by atoms with E-state index in [0.29, 0.717) is 32.7 Å². The molecule has 0 bridgehead atoms. The van der Waals surface area contributed by atoms with Crippen LogP contribution >= 0.6 is 0 Å². The predicted octanol–water partition coefficient (Wildman–Crippen LogP) is 3.27. The number of piperazine rings is 1. The lowest BCUT2D eigenvalue weighted by Gasteiger charge is -2.35. The van der Waals surface area contributed by atoms with E-state index in [1.54, 1.807) is 0 Å². The average molecular weight is 367 g/mol. The molecule has 0 aliphatic carbocycles. The van der Waals surface area contributed by atoms with Crippen LogP contribution in [0, 0.1) is 13.8 Å². The lowest BCUT2D eigenvalue weighted by atomic mass is 10.1. The molecule has 0 atom stereocenters. The summed E-state index contributed by atoms with van der Waals surface area (Å²) in [6.07, 6.45) is -4.54. The van der Waals surface area contributed by atoms with E-state index in [1.807, 2.05) is 13.8 Å². The molecule has 0 spiro atoms. The van der Waals surface area contributed by atoms with E-state index in [1.165, 1.54) is 23.1 Å². The fourth-order valence-corrected chi connectivity index (χ4v) is 3.15. The number of nitrogens with zero attached hydrogens (tertiary/aromatic N) is 3. The third-order valence-electron chi connectivity index (χ3n) is 4.69. The molecule has 5 nitrogen and oxygen atoms in total. The molecule has 8 heteroatoms. The van der Waals surface area contributed by atoms with E-state index in [2.05, 4.69) is 10.1 Å². The summed E-state index contributed by atoms with van der Waals surface area (Å²) in [5, 5.41) is 3.92. The van der Waals surface area contributed by atoms with Crippen LogP contribution in [0.5, 0.6) is 0 Å². The molecule has 26 heavy (non-hydrogen) atoms. The van der Waals surface area contributed by atoms with Gasteiger partial charge < -0.3 is 9.42 Å². The maximum absolute atomic E-state index is 13.1. The number of benzene rings is 1. The van der Waals surface area contributed by atoms with Gasteiger partial charge in [-0.05, 0) is 26.0 Å². The van der Waals surface area contributed by atoms with Gasteiger partial charge in [-0.3, -0.25) is 9.69 Å². The summed E-state index contributed by atoms with van der Waals surface area (Å²) in [6, 6.07) is 4.93. The SMILES string of the molecule is Cc1noc(C)c1CN1CCN(C(=O)c2ccccc2C(F)(F)F)CC1. The fraction of sp³-hybridized carbons (Fsp3) is 0.444. The number of rotatable bonds is 3. The first-order chi connectivity index (χ1) is 12.3. The third-order valence-corrected chi connectivity index (χ3v) is 4.69. The van der Waals surface area contributed by atoms with E-state index in [-0.39, 0.29) is 5.56 Å². The summed E-state index contributed by atoms with van der Waals surface area (Å²) in [5.41, 5.74) is 0.676. The molecule has 1 aliphatic rings. The molecule has 140 valence electrons. The van der Waals surface area contributed by atoms with Crippen molar-refractivity contribution >= 4 is 5.91 Å². The Morgan fingerprint density at radius 1 is 1.15 bits per heavy atom. The van der Waals surface area contributed by atoms with E-state index in [0.717, 1.165) is 23.1 Å². The number of hydrogen-bond acceptors (Lipinski definition) is 4. The van der Waals surface area contributed by atoms with E-state index >= 15 is 0 Å². The second-order valence-electron chi connectivity index (χ2n) is 6.41. The van der Waals surface area contributed by atoms with Gasteiger partial charge >= 0.3 is 6.18 Å². The largest absolute Gasteiger partial charge is 0.417 e. The van der Waals surface area contributed by atoms with Gasteiger partial charge in [-0.15, -0.1) is 0 Å². The molecule has 1 aromatic carbocycles. The van der Waals surface area contributed by atoms with Gasteiger partial charge in [0.15, 0.2) is 0 Å². The number of aryl methyl sites for hydroxylation is 2. The topological polar surface area (TPSA) is 49.6 Å². The Bertz CT molecular complexity index is 774. The monoisotopic (exact) mass is 367 g/mol. The van der Waals surface area contributed by atoms with Gasteiger partial charge in [-0.2, -0.15) is 13.2 Å². The van der Waals surface area contributed by atoms with Crippen LogP contribution in [0.2, 0.25) is 0 Å². The average Bonchev–Trinajstić information content (AvgIpc) is 2.93. The van der Waals surface area contributed by atoms with Gasteiger partial charge in [-0.25, -0.2) is 0 Å². The summed E-state index contributed by atoms with van der Waals surface area (Å²) in [7, 11) is 0. The third kappa shape index (κ3) is 3.75. The number of alkyl halides is 3. The first-order valence-corrected chi connectivity index (χ1v) is 8.37. The van der Waals surface area contributed by atoms with Gasteiger partial charge in [0.1, 0.15) is 5.76 Å². The Morgan fingerprint density at radius 2 is 1.81 bits per heavy atom. The number of hydrogen-bond donors (Lipinski definition) is 0. The molecule has 0 radical (unpaired) electrons. The molecule has 3 rings (SSSR count). The maximum atomic E-state index is 13.1. The second kappa shape index (κ2) is 7.11. The summed E-state index contributed by atoms with van der Waals surface area (Å²) < 4.78 is 44.5. The maximum Gasteiger partial charge on any atom is 0.417 e. The fourth-order valence-electron chi connectivity index (χ4n) is 3.15. The van der Waals surface area contributed by atoms with Gasteiger partial charge in [0.25, 0.3) is 5.91 Å². The minimum Gasteiger partial charge on any atom is -0.361 e. The van der Waals surface area contributed by atoms with Crippen molar-refractivity contribution in [2.24, 2.45) is 0 Å². The standard InChI is InChI=1S/C18H20F3N3O2/c1-12-15(13(2)26-22-12)11-23-7-9-24(10-8-23)17(25)14-5-3-4-6-16(14)18(19,20)21/h3-6H,7-11H2,1-2H3. The minimum atomic E-state index is -4.54. The highest BCUT2D eigenvalue weighted by Gasteiger charge is 2.36. The van der Waals surface area contributed by atoms with Crippen molar-refractivity contribution in [2.45, 2.75) is 26.6 Å². The van der Waals surface area contributed by atoms with E-state index < -0.39 is 17.6 Å². The first kappa shape index (κ1) is 18.4. The molecule has 1 amide bonds. The van der Waals surface area contributed by atoms with Crippen molar-refractivity contribution < 1.29 is 22.5 Å². The highest BCUT2D eigenvalue weighted by molar-refractivity contribution is 5.96. The quantitative estimate of drug-likeness (QED) is 0.836. The number of amides is 1. The zero-order valence-electron chi connectivity index (χ0n) is 14.6. The molecule has 0 N–H and O–H groups in total. The van der Waals surface area contributed by atoms with Crippen LogP contribution in [0.25, 0.3) is 0 Å². The van der Waals surface area contributed by atoms with Gasteiger partial charge in [0.2, 0.25) is 0 Å². The van der Waals surface area contributed by atoms with Crippen molar-refractivity contribution in [1.82, 2.24) is 15.0 Å². The van der Waals surface area contributed by atoms with Gasteiger partial charge in [0, 0.05) is 38.3 Å². The van der Waals surface area contributed by atoms with Gasteiger partial charge in [0.05, 0.1) is 16.8 Å². The Morgan fingerprint density at radius 3 is 2.38 bits per heavy atom. The van der Waals surface area contributed by atoms with Crippen LogP contribution in [0.4, 0.5) is 13.2 Å². The lowest BCUT2D eigenvalue weighted by molar-refractivity contribution is -0.138. The number of halogens is 3. The predicted molar refractivity (Wildman–Crippen MR) is 88.6 cm³/mol. The zero-order valence-corrected chi connectivity index (χ0v) is 14.6. The molecule has 2 heterocycles. The Balaban J connectivity index is 1.66. The van der Waals surface area contributed by atoms with Crippen molar-refractivity contribution in [1.29, 1.82) is 0 Å². The highest BCUT2D eigenvalue weighted by Crippen LogP contribution is 2.32. The normalized spacial score (nSPS) is 16.1. The number of aromatic nitrogens is 1. The lowest BCUT2D eigenvalue weighted by Crippen LogP contribution is -2.48. The molecule has 1 aromatic heterocycles. The van der Waals surface area contributed by atoms with Crippen LogP contribution in [0.3, 0.4) is 0 Å². The molecule has 1 aliphatic heterocycles. The van der Waals surface area contributed by atoms with E-state index in [4.69, 9.17) is 4.52 Å². The summed E-state index contributed by atoms with van der Waals surface area (Å²) in [5.74, 6) is 0.190. The molecule has 0 saturated carbocycles. The summed E-state index contributed by atoms with van der Waals surface area (Å²) >= 11 is 0. The van der Waals surface area contributed by atoms with Crippen LogP contribution in [-0.4, -0.2) is 47.0 Å². The zero-order chi connectivity index (χ0) is 18.9.